The molecule has 0 unspecified atom stereocenters. The summed E-state index contributed by atoms with van der Waals surface area (Å²) in [6.07, 6.45) is 6.73. The zero-order chi connectivity index (χ0) is 17.1. The number of carbonyl (C=O) groups is 2. The van der Waals surface area contributed by atoms with Gasteiger partial charge in [-0.3, -0.25) is 14.5 Å². The number of amides is 2. The van der Waals surface area contributed by atoms with Crippen molar-refractivity contribution >= 4 is 75.5 Å². The Kier molecular flexibility index (Phi) is 7.32. The second-order valence-corrected chi connectivity index (χ2v) is 8.71. The van der Waals surface area contributed by atoms with Gasteiger partial charge in [0.05, 0.1) is 11.1 Å². The van der Waals surface area contributed by atoms with Crippen LogP contribution in [0.25, 0.3) is 0 Å². The van der Waals surface area contributed by atoms with Crippen LogP contribution in [0.15, 0.2) is 17.9 Å². The molecule has 2 amide bonds. The third-order valence-electron chi connectivity index (χ3n) is 3.92. The number of fused-ring (bicyclic) bond motifs is 1. The molecule has 7 heteroatoms. The molecule has 1 aromatic carbocycles. The van der Waals surface area contributed by atoms with Crippen molar-refractivity contribution in [2.24, 2.45) is 0 Å². The number of imide groups is 1. The molecule has 0 fully saturated rings. The summed E-state index contributed by atoms with van der Waals surface area (Å²) in [5, 5.41) is 0. The number of carbonyl (C=O) groups excluding carboxylic acids is 2. The van der Waals surface area contributed by atoms with E-state index in [1.165, 1.54) is 24.2 Å². The lowest BCUT2D eigenvalue weighted by molar-refractivity contribution is 0.0651. The summed E-state index contributed by atoms with van der Waals surface area (Å²) in [6, 6.07) is 0. The maximum absolute atomic E-state index is 12.6. The van der Waals surface area contributed by atoms with E-state index in [-0.39, 0.29) is 11.8 Å². The largest absolute Gasteiger partial charge is 0.274 e. The van der Waals surface area contributed by atoms with Crippen LogP contribution in [-0.2, 0) is 0 Å². The zero-order valence-electron chi connectivity index (χ0n) is 12.7. The van der Waals surface area contributed by atoms with E-state index >= 15 is 0 Å². The van der Waals surface area contributed by atoms with E-state index in [0.29, 0.717) is 26.6 Å². The van der Waals surface area contributed by atoms with Gasteiger partial charge in [0, 0.05) is 24.4 Å². The summed E-state index contributed by atoms with van der Waals surface area (Å²) >= 11 is 13.7. The van der Waals surface area contributed by atoms with Gasteiger partial charge in [0.15, 0.2) is 0 Å². The highest BCUT2D eigenvalue weighted by Crippen LogP contribution is 2.45. The Balaban J connectivity index is 2.12. The van der Waals surface area contributed by atoms with Crippen LogP contribution < -0.4 is 0 Å². The van der Waals surface area contributed by atoms with Gasteiger partial charge in [0.25, 0.3) is 11.8 Å². The Bertz CT molecular complexity index is 599. The van der Waals surface area contributed by atoms with E-state index in [9.17, 15) is 9.59 Å². The Morgan fingerprint density at radius 2 is 1.13 bits per heavy atom. The van der Waals surface area contributed by atoms with Gasteiger partial charge in [-0.1, -0.05) is 39.0 Å². The lowest BCUT2D eigenvalue weighted by Gasteiger charge is -2.13. The Morgan fingerprint density at radius 3 is 1.61 bits per heavy atom. The predicted molar refractivity (Wildman–Crippen MR) is 106 cm³/mol. The molecule has 1 aliphatic rings. The second-order valence-electron chi connectivity index (χ2n) is 5.54. The van der Waals surface area contributed by atoms with Crippen LogP contribution in [-0.4, -0.2) is 23.3 Å². The van der Waals surface area contributed by atoms with E-state index < -0.39 is 0 Å². The molecule has 0 spiro atoms. The van der Waals surface area contributed by atoms with Gasteiger partial charge in [0.2, 0.25) is 0 Å². The Morgan fingerprint density at radius 1 is 0.696 bits per heavy atom. The van der Waals surface area contributed by atoms with E-state index in [1.807, 2.05) is 0 Å². The average molecular weight is 575 g/mol. The van der Waals surface area contributed by atoms with Crippen molar-refractivity contribution in [3.8, 4) is 0 Å². The molecule has 0 bridgehead atoms. The van der Waals surface area contributed by atoms with Gasteiger partial charge in [-0.15, -0.1) is 0 Å². The molecule has 0 saturated carbocycles. The van der Waals surface area contributed by atoms with Crippen molar-refractivity contribution in [1.82, 2.24) is 4.90 Å². The topological polar surface area (TPSA) is 37.4 Å². The maximum atomic E-state index is 12.6. The minimum atomic E-state index is -0.223. The summed E-state index contributed by atoms with van der Waals surface area (Å²) in [6.45, 7) is 2.66. The number of halogens is 4. The molecule has 0 aromatic heterocycles. The first kappa shape index (κ1) is 19.6. The monoisotopic (exact) mass is 571 g/mol. The second kappa shape index (κ2) is 8.59. The first-order valence-electron chi connectivity index (χ1n) is 7.63. The molecule has 1 aromatic rings. The molecule has 23 heavy (non-hydrogen) atoms. The van der Waals surface area contributed by atoms with Crippen LogP contribution in [0.5, 0.6) is 0 Å². The van der Waals surface area contributed by atoms with Crippen LogP contribution in [0, 0.1) is 0 Å². The summed E-state index contributed by atoms with van der Waals surface area (Å²) in [7, 11) is 0. The van der Waals surface area contributed by atoms with Crippen molar-refractivity contribution in [3.05, 3.63) is 29.0 Å². The molecule has 0 atom stereocenters. The van der Waals surface area contributed by atoms with Gasteiger partial charge in [-0.05, 0) is 70.1 Å². The normalized spacial score (nSPS) is 13.9. The molecule has 3 nitrogen and oxygen atoms in total. The Hall–Kier alpha value is 0.280. The van der Waals surface area contributed by atoms with Gasteiger partial charge in [-0.25, -0.2) is 0 Å². The highest BCUT2D eigenvalue weighted by atomic mass is 79.9. The summed E-state index contributed by atoms with van der Waals surface area (Å²) < 4.78 is 2.69. The van der Waals surface area contributed by atoms with Crippen molar-refractivity contribution in [2.45, 2.75) is 45.4 Å². The van der Waals surface area contributed by atoms with E-state index in [1.54, 1.807) is 0 Å². The fourth-order valence-electron chi connectivity index (χ4n) is 2.65. The third-order valence-corrected chi connectivity index (χ3v) is 8.69. The molecule has 126 valence electrons. The maximum Gasteiger partial charge on any atom is 0.262 e. The molecule has 1 heterocycles. The number of unbranched alkanes of at least 4 members (excludes halogenated alkanes) is 5. The fourth-order valence-corrected chi connectivity index (χ4v) is 5.11. The number of nitrogens with zero attached hydrogens (tertiary/aromatic N) is 1. The molecule has 1 aliphatic heterocycles. The van der Waals surface area contributed by atoms with Gasteiger partial charge >= 0.3 is 0 Å². The SMILES string of the molecule is CCCCCCCCN1C(=O)c2c(Br)c(Br)c(Br)c(Br)c2C1=O. The van der Waals surface area contributed by atoms with Gasteiger partial charge in [-0.2, -0.15) is 0 Å². The average Bonchev–Trinajstić information content (AvgIpc) is 2.78. The van der Waals surface area contributed by atoms with E-state index in [4.69, 9.17) is 0 Å². The molecule has 0 radical (unpaired) electrons. The molecule has 0 aliphatic carbocycles. The third kappa shape index (κ3) is 3.93. The molecular formula is C16H17Br4NO2. The number of hydrogen-bond donors (Lipinski definition) is 0. The van der Waals surface area contributed by atoms with E-state index in [0.717, 1.165) is 28.2 Å². The minimum absolute atomic E-state index is 0.223. The smallest absolute Gasteiger partial charge is 0.262 e. The van der Waals surface area contributed by atoms with Crippen LogP contribution in [0.1, 0.15) is 66.2 Å². The van der Waals surface area contributed by atoms with Crippen molar-refractivity contribution in [1.29, 1.82) is 0 Å². The fraction of sp³-hybridized carbons (Fsp3) is 0.500. The Labute approximate surface area is 170 Å². The van der Waals surface area contributed by atoms with Crippen molar-refractivity contribution < 1.29 is 9.59 Å². The number of benzene rings is 1. The van der Waals surface area contributed by atoms with Crippen molar-refractivity contribution in [3.63, 3.8) is 0 Å². The molecule has 0 N–H and O–H groups in total. The molecule has 2 rings (SSSR count). The van der Waals surface area contributed by atoms with E-state index in [2.05, 4.69) is 70.6 Å². The van der Waals surface area contributed by atoms with Crippen LogP contribution in [0.3, 0.4) is 0 Å². The lowest BCUT2D eigenvalue weighted by Crippen LogP contribution is -2.30. The minimum Gasteiger partial charge on any atom is -0.274 e. The van der Waals surface area contributed by atoms with Crippen LogP contribution in [0.4, 0.5) is 0 Å². The first-order valence-corrected chi connectivity index (χ1v) is 10.8. The van der Waals surface area contributed by atoms with Crippen LogP contribution in [0.2, 0.25) is 0 Å². The highest BCUT2D eigenvalue weighted by Gasteiger charge is 2.40. The highest BCUT2D eigenvalue weighted by molar-refractivity contribution is 9.15. The van der Waals surface area contributed by atoms with Gasteiger partial charge < -0.3 is 0 Å². The summed E-state index contributed by atoms with van der Waals surface area (Å²) in [5.74, 6) is -0.446. The quantitative estimate of drug-likeness (QED) is 0.157. The van der Waals surface area contributed by atoms with Crippen LogP contribution >= 0.6 is 63.7 Å². The molecule has 0 saturated heterocycles. The molecular weight excluding hydrogens is 558 g/mol. The number of hydrogen-bond acceptors (Lipinski definition) is 2. The predicted octanol–water partition coefficient (Wildman–Crippen LogP) is 6.69. The first-order chi connectivity index (χ1) is 10.9. The standard InChI is InChI=1S/C16H17Br4NO2/c1-2-3-4-5-6-7-8-21-15(22)9-10(16(21)23)12(18)14(20)13(19)11(9)17/h2-8H2,1H3. The lowest BCUT2D eigenvalue weighted by atomic mass is 10.1. The van der Waals surface area contributed by atoms with Crippen molar-refractivity contribution in [2.75, 3.05) is 6.54 Å². The number of rotatable bonds is 7. The summed E-state index contributed by atoms with van der Waals surface area (Å²) in [4.78, 5) is 26.6. The summed E-state index contributed by atoms with van der Waals surface area (Å²) in [5.41, 5.74) is 0.867. The zero-order valence-corrected chi connectivity index (χ0v) is 19.1. The van der Waals surface area contributed by atoms with Gasteiger partial charge in [0.1, 0.15) is 0 Å².